The van der Waals surface area contributed by atoms with Gasteiger partial charge in [-0.1, -0.05) is 6.42 Å². The molecule has 0 aliphatic rings. The number of amides is 5. The van der Waals surface area contributed by atoms with Crippen molar-refractivity contribution >= 4 is 35.5 Å². The maximum Gasteiger partial charge on any atom is 0.303 e. The van der Waals surface area contributed by atoms with Crippen LogP contribution < -0.4 is 16.4 Å². The third kappa shape index (κ3) is 22.9. The summed E-state index contributed by atoms with van der Waals surface area (Å²) >= 11 is 0. The second-order valence-corrected chi connectivity index (χ2v) is 10.1. The zero-order chi connectivity index (χ0) is 32.5. The zero-order valence-electron chi connectivity index (χ0n) is 25.0. The van der Waals surface area contributed by atoms with Crippen molar-refractivity contribution in [2.75, 3.05) is 39.3 Å². The fourth-order valence-corrected chi connectivity index (χ4v) is 3.76. The van der Waals surface area contributed by atoms with E-state index in [0.29, 0.717) is 79.8 Å². The maximum atomic E-state index is 12.0. The number of hydrogen-bond acceptors (Lipinski definition) is 10. The molecule has 0 rings (SSSR count). The lowest BCUT2D eigenvalue weighted by molar-refractivity contribution is -0.166. The Morgan fingerprint density at radius 1 is 0.488 bits per heavy atom. The van der Waals surface area contributed by atoms with Crippen LogP contribution in [0.4, 0.5) is 0 Å². The van der Waals surface area contributed by atoms with E-state index >= 15 is 0 Å². The molecule has 0 atom stereocenters. The lowest BCUT2D eigenvalue weighted by Crippen LogP contribution is -2.31. The molecule has 0 radical (unpaired) electrons. The van der Waals surface area contributed by atoms with Gasteiger partial charge in [-0.15, -0.1) is 0 Å². The summed E-state index contributed by atoms with van der Waals surface area (Å²) in [7, 11) is 0. The molecule has 0 bridgehead atoms. The molecule has 0 saturated heterocycles. The van der Waals surface area contributed by atoms with Gasteiger partial charge in [0.2, 0.25) is 29.5 Å². The Hall–Kier alpha value is -3.34. The number of carboxylic acid groups (broad SMARTS) is 1. The highest BCUT2D eigenvalue weighted by molar-refractivity contribution is 5.84. The lowest BCUT2D eigenvalue weighted by Gasteiger charge is -2.15. The Morgan fingerprint density at radius 2 is 0.837 bits per heavy atom. The minimum absolute atomic E-state index is 0.0343. The van der Waals surface area contributed by atoms with Crippen LogP contribution in [0.5, 0.6) is 0 Å². The molecule has 16 heteroatoms. The molecule has 0 spiro atoms. The lowest BCUT2D eigenvalue weighted by atomic mass is 10.2. The molecule has 0 saturated carbocycles. The summed E-state index contributed by atoms with van der Waals surface area (Å²) in [6, 6.07) is 0. The molecule has 0 aliphatic heterocycles. The van der Waals surface area contributed by atoms with Crippen LogP contribution in [0.3, 0.4) is 0 Å². The number of carbonyl (C=O) groups is 6. The molecule has 16 nitrogen and oxygen atoms in total. The van der Waals surface area contributed by atoms with Crippen molar-refractivity contribution in [3.63, 3.8) is 0 Å². The van der Waals surface area contributed by atoms with Crippen LogP contribution >= 0.6 is 0 Å². The van der Waals surface area contributed by atoms with Gasteiger partial charge in [0.25, 0.3) is 0 Å². The average Bonchev–Trinajstić information content (AvgIpc) is 2.98. The number of unbranched alkanes of at least 4 members (excludes halogenated alkanes) is 6. The highest BCUT2D eigenvalue weighted by atomic mass is 16.5. The summed E-state index contributed by atoms with van der Waals surface area (Å²) < 4.78 is 0. The summed E-state index contributed by atoms with van der Waals surface area (Å²) in [5, 5.41) is 44.7. The standard InChI is InChI=1S/C27H50N6O10/c28-16-4-1-7-19-31(41)24(36)12-10-22(34)29-17-5-2-8-20-32(42)25(37)13-11-23(35)30-18-6-3-9-21-33(43)26(38)14-15-27(39)40/h41-43H,1-21,28H2,(H,29,34)(H,30,35)(H,39,40). The van der Waals surface area contributed by atoms with Crippen molar-refractivity contribution in [3.8, 4) is 0 Å². The molecule has 8 N–H and O–H groups in total. The van der Waals surface area contributed by atoms with Gasteiger partial charge in [-0.2, -0.15) is 0 Å². The van der Waals surface area contributed by atoms with Gasteiger partial charge in [0.1, 0.15) is 0 Å². The van der Waals surface area contributed by atoms with Crippen molar-refractivity contribution in [1.82, 2.24) is 25.8 Å². The van der Waals surface area contributed by atoms with E-state index < -0.39 is 23.7 Å². The Balaban J connectivity index is 3.79. The summed E-state index contributed by atoms with van der Waals surface area (Å²) in [6.45, 7) is 1.63. The largest absolute Gasteiger partial charge is 0.481 e. The molecule has 0 aromatic rings. The molecule has 0 aromatic heterocycles. The van der Waals surface area contributed by atoms with Crippen molar-refractivity contribution < 1.29 is 49.5 Å². The van der Waals surface area contributed by atoms with Gasteiger partial charge >= 0.3 is 5.97 Å². The number of nitrogens with two attached hydrogens (primary N) is 1. The summed E-state index contributed by atoms with van der Waals surface area (Å²) in [6.07, 6.45) is 4.64. The molecular formula is C27H50N6O10. The normalized spacial score (nSPS) is 10.6. The SMILES string of the molecule is NCCCCCN(O)C(=O)CCC(=O)NCCCCCN(O)C(=O)CCC(=O)NCCCCCN(O)C(=O)CCC(=O)O. The van der Waals surface area contributed by atoms with Crippen LogP contribution in [0.1, 0.15) is 96.3 Å². The second-order valence-electron chi connectivity index (χ2n) is 10.1. The quantitative estimate of drug-likeness (QED) is 0.0405. The predicted molar refractivity (Wildman–Crippen MR) is 152 cm³/mol. The smallest absolute Gasteiger partial charge is 0.303 e. The third-order valence-corrected chi connectivity index (χ3v) is 6.36. The second kappa shape index (κ2) is 25.2. The number of hydroxylamine groups is 6. The first-order valence-electron chi connectivity index (χ1n) is 14.9. The van der Waals surface area contributed by atoms with E-state index in [1.165, 1.54) is 0 Å². The zero-order valence-corrected chi connectivity index (χ0v) is 25.0. The van der Waals surface area contributed by atoms with Gasteiger partial charge < -0.3 is 21.5 Å². The topological polar surface area (TPSA) is 243 Å². The van der Waals surface area contributed by atoms with Crippen molar-refractivity contribution in [2.24, 2.45) is 5.73 Å². The van der Waals surface area contributed by atoms with Gasteiger partial charge in [0, 0.05) is 64.8 Å². The number of carbonyl (C=O) groups excluding carboxylic acids is 5. The van der Waals surface area contributed by atoms with Crippen LogP contribution in [0.15, 0.2) is 0 Å². The first-order valence-corrected chi connectivity index (χ1v) is 14.9. The maximum absolute atomic E-state index is 12.0. The number of nitrogens with one attached hydrogen (secondary N) is 2. The molecule has 0 aromatic carbocycles. The van der Waals surface area contributed by atoms with E-state index in [4.69, 9.17) is 10.8 Å². The monoisotopic (exact) mass is 618 g/mol. The van der Waals surface area contributed by atoms with Gasteiger partial charge in [-0.3, -0.25) is 44.4 Å². The van der Waals surface area contributed by atoms with Crippen LogP contribution in [-0.2, 0) is 28.8 Å². The number of carboxylic acids is 1. The molecular weight excluding hydrogens is 568 g/mol. The van der Waals surface area contributed by atoms with Gasteiger partial charge in [-0.25, -0.2) is 15.2 Å². The predicted octanol–water partition coefficient (Wildman–Crippen LogP) is 0.767. The van der Waals surface area contributed by atoms with Crippen LogP contribution in [-0.4, -0.2) is 111 Å². The van der Waals surface area contributed by atoms with E-state index in [-0.39, 0.29) is 70.0 Å². The van der Waals surface area contributed by atoms with Crippen molar-refractivity contribution in [1.29, 1.82) is 0 Å². The van der Waals surface area contributed by atoms with Gasteiger partial charge in [-0.05, 0) is 57.9 Å². The highest BCUT2D eigenvalue weighted by Crippen LogP contribution is 2.04. The third-order valence-electron chi connectivity index (χ3n) is 6.36. The Labute approximate surface area is 252 Å². The van der Waals surface area contributed by atoms with E-state index in [1.54, 1.807) is 0 Å². The van der Waals surface area contributed by atoms with Gasteiger partial charge in [0.15, 0.2) is 0 Å². The van der Waals surface area contributed by atoms with Crippen LogP contribution in [0.2, 0.25) is 0 Å². The first-order chi connectivity index (χ1) is 20.5. The number of nitrogens with zero attached hydrogens (tertiary/aromatic N) is 3. The fourth-order valence-electron chi connectivity index (χ4n) is 3.76. The number of hydrogen-bond donors (Lipinski definition) is 7. The summed E-state index contributed by atoms with van der Waals surface area (Å²) in [5.74, 6) is -3.53. The number of aliphatic carboxylic acids is 1. The van der Waals surface area contributed by atoms with Crippen LogP contribution in [0, 0.1) is 0 Å². The van der Waals surface area contributed by atoms with Crippen molar-refractivity contribution in [2.45, 2.75) is 96.3 Å². The van der Waals surface area contributed by atoms with E-state index in [0.717, 1.165) is 12.8 Å². The Bertz CT molecular complexity index is 860. The Kier molecular flexibility index (Phi) is 23.2. The van der Waals surface area contributed by atoms with Crippen LogP contribution in [0.25, 0.3) is 0 Å². The molecule has 0 aliphatic carbocycles. The van der Waals surface area contributed by atoms with Crippen molar-refractivity contribution in [3.05, 3.63) is 0 Å². The summed E-state index contributed by atoms with van der Waals surface area (Å²) in [4.78, 5) is 69.6. The molecule has 0 unspecified atom stereocenters. The minimum Gasteiger partial charge on any atom is -0.481 e. The first kappa shape index (κ1) is 39.7. The number of rotatable bonds is 26. The van der Waals surface area contributed by atoms with E-state index in [9.17, 15) is 44.4 Å². The fraction of sp³-hybridized carbons (Fsp3) is 0.778. The molecule has 5 amide bonds. The molecule has 43 heavy (non-hydrogen) atoms. The van der Waals surface area contributed by atoms with Gasteiger partial charge in [0.05, 0.1) is 6.42 Å². The molecule has 248 valence electrons. The Morgan fingerprint density at radius 3 is 1.19 bits per heavy atom. The minimum atomic E-state index is -1.12. The molecule has 0 fully saturated rings. The van der Waals surface area contributed by atoms with E-state index in [2.05, 4.69) is 10.6 Å². The summed E-state index contributed by atoms with van der Waals surface area (Å²) in [5.41, 5.74) is 5.39. The average molecular weight is 619 g/mol. The van der Waals surface area contributed by atoms with E-state index in [1.807, 2.05) is 0 Å². The highest BCUT2D eigenvalue weighted by Gasteiger charge is 2.15. The molecule has 0 heterocycles.